The summed E-state index contributed by atoms with van der Waals surface area (Å²) in [5.74, 6) is 0.133. The van der Waals surface area contributed by atoms with Crippen LogP contribution in [0.3, 0.4) is 0 Å². The number of aromatic nitrogens is 2. The van der Waals surface area contributed by atoms with Crippen molar-refractivity contribution in [3.63, 3.8) is 0 Å². The number of fused-ring (bicyclic) bond motifs is 3. The molecule has 3 aromatic rings. The van der Waals surface area contributed by atoms with Gasteiger partial charge in [-0.05, 0) is 37.5 Å². The minimum absolute atomic E-state index is 0.0721. The molecule has 6 heteroatoms. The van der Waals surface area contributed by atoms with Crippen LogP contribution in [0.2, 0.25) is 0 Å². The fourth-order valence-electron chi connectivity index (χ4n) is 5.11. The molecule has 2 amide bonds. The normalized spacial score (nSPS) is 21.9. The molecular formula is C26H30N4O2. The zero-order chi connectivity index (χ0) is 22.1. The van der Waals surface area contributed by atoms with E-state index in [9.17, 15) is 9.59 Å². The van der Waals surface area contributed by atoms with Crippen molar-refractivity contribution in [2.75, 3.05) is 0 Å². The third kappa shape index (κ3) is 3.68. The summed E-state index contributed by atoms with van der Waals surface area (Å²) in [6, 6.07) is 17.8. The van der Waals surface area contributed by atoms with Gasteiger partial charge in [-0.3, -0.25) is 9.59 Å². The zero-order valence-corrected chi connectivity index (χ0v) is 18.6. The molecule has 32 heavy (non-hydrogen) atoms. The maximum Gasteiger partial charge on any atom is 0.291 e. The highest BCUT2D eigenvalue weighted by molar-refractivity contribution is 6.01. The predicted molar refractivity (Wildman–Crippen MR) is 124 cm³/mol. The van der Waals surface area contributed by atoms with Gasteiger partial charge >= 0.3 is 0 Å². The minimum Gasteiger partial charge on any atom is -0.351 e. The number of amides is 2. The average Bonchev–Trinajstić information content (AvgIpc) is 2.98. The molecule has 166 valence electrons. The molecule has 0 spiro atoms. The standard InChI is InChI=1S/C26H30N4O2/c1-26(25(32)27-20-13-7-2-3-8-14-20)18-29-22-16-10-9-15-21(22)28-23(29)24(31)30(26)17-19-11-5-4-6-12-19/h4-6,9-12,15-16,20H,2-3,7-8,13-14,17-18H2,1H3,(H,27,32)/t26-/m0/s1. The van der Waals surface area contributed by atoms with Crippen LogP contribution in [0.25, 0.3) is 11.0 Å². The first-order valence-electron chi connectivity index (χ1n) is 11.7. The van der Waals surface area contributed by atoms with Crippen molar-refractivity contribution in [2.24, 2.45) is 0 Å². The van der Waals surface area contributed by atoms with Gasteiger partial charge < -0.3 is 14.8 Å². The smallest absolute Gasteiger partial charge is 0.291 e. The average molecular weight is 431 g/mol. The number of hydrogen-bond donors (Lipinski definition) is 1. The van der Waals surface area contributed by atoms with E-state index in [1.807, 2.05) is 66.1 Å². The highest BCUT2D eigenvalue weighted by atomic mass is 16.2. The summed E-state index contributed by atoms with van der Waals surface area (Å²) >= 11 is 0. The number of hydrogen-bond acceptors (Lipinski definition) is 3. The van der Waals surface area contributed by atoms with E-state index >= 15 is 0 Å². The van der Waals surface area contributed by atoms with E-state index in [4.69, 9.17) is 0 Å². The number of nitrogens with one attached hydrogen (secondary N) is 1. The summed E-state index contributed by atoms with van der Waals surface area (Å²) in [6.07, 6.45) is 6.76. The lowest BCUT2D eigenvalue weighted by Crippen LogP contribution is -2.64. The third-order valence-electron chi connectivity index (χ3n) is 7.02. The number of rotatable bonds is 4. The molecule has 1 aromatic heterocycles. The monoisotopic (exact) mass is 430 g/mol. The number of carbonyl (C=O) groups is 2. The summed E-state index contributed by atoms with van der Waals surface area (Å²) in [5, 5.41) is 3.31. The second kappa shape index (κ2) is 8.41. The first-order chi connectivity index (χ1) is 15.6. The molecule has 1 aliphatic heterocycles. The predicted octanol–water partition coefficient (Wildman–Crippen LogP) is 4.29. The molecule has 2 heterocycles. The van der Waals surface area contributed by atoms with Crippen LogP contribution in [0, 0.1) is 0 Å². The molecule has 2 aromatic carbocycles. The Kier molecular flexibility index (Phi) is 5.45. The van der Waals surface area contributed by atoms with E-state index < -0.39 is 5.54 Å². The summed E-state index contributed by atoms with van der Waals surface area (Å²) in [6.45, 7) is 2.66. The molecule has 1 fully saturated rings. The van der Waals surface area contributed by atoms with Gasteiger partial charge in [0.1, 0.15) is 5.54 Å². The maximum atomic E-state index is 13.8. The van der Waals surface area contributed by atoms with E-state index in [-0.39, 0.29) is 17.9 Å². The molecule has 1 saturated carbocycles. The Bertz CT molecular complexity index is 1130. The number of nitrogens with zero attached hydrogens (tertiary/aromatic N) is 3. The SMILES string of the molecule is C[C@@]1(C(=O)NC2CCCCCC2)Cn2c(nc3ccccc32)C(=O)N1Cc1ccccc1. The van der Waals surface area contributed by atoms with E-state index in [0.717, 1.165) is 42.3 Å². The maximum absolute atomic E-state index is 13.8. The molecule has 0 radical (unpaired) electrons. The highest BCUT2D eigenvalue weighted by Crippen LogP contribution is 2.32. The van der Waals surface area contributed by atoms with Gasteiger partial charge in [-0.2, -0.15) is 0 Å². The fourth-order valence-corrected chi connectivity index (χ4v) is 5.11. The first-order valence-corrected chi connectivity index (χ1v) is 11.7. The topological polar surface area (TPSA) is 67.2 Å². The van der Waals surface area contributed by atoms with Crippen molar-refractivity contribution in [2.45, 2.75) is 70.1 Å². The molecule has 0 unspecified atom stereocenters. The molecule has 1 atom stereocenters. The van der Waals surface area contributed by atoms with Gasteiger partial charge in [0.25, 0.3) is 5.91 Å². The summed E-state index contributed by atoms with van der Waals surface area (Å²) in [4.78, 5) is 33.8. The van der Waals surface area contributed by atoms with Gasteiger partial charge in [0, 0.05) is 12.6 Å². The largest absolute Gasteiger partial charge is 0.351 e. The lowest BCUT2D eigenvalue weighted by Gasteiger charge is -2.44. The summed E-state index contributed by atoms with van der Waals surface area (Å²) < 4.78 is 1.92. The molecule has 2 aliphatic rings. The van der Waals surface area contributed by atoms with Crippen molar-refractivity contribution in [3.8, 4) is 0 Å². The summed E-state index contributed by atoms with van der Waals surface area (Å²) in [7, 11) is 0. The van der Waals surface area contributed by atoms with Crippen LogP contribution >= 0.6 is 0 Å². The molecule has 1 aliphatic carbocycles. The second-order valence-electron chi connectivity index (χ2n) is 9.32. The van der Waals surface area contributed by atoms with E-state index in [1.165, 1.54) is 12.8 Å². The third-order valence-corrected chi connectivity index (χ3v) is 7.02. The van der Waals surface area contributed by atoms with Crippen molar-refractivity contribution in [1.82, 2.24) is 19.8 Å². The Morgan fingerprint density at radius 1 is 1.03 bits per heavy atom. The van der Waals surface area contributed by atoms with Gasteiger partial charge in [0.05, 0.1) is 17.6 Å². The van der Waals surface area contributed by atoms with Crippen LogP contribution in [0.4, 0.5) is 0 Å². The Balaban J connectivity index is 1.53. The lowest BCUT2D eigenvalue weighted by atomic mass is 9.93. The fraction of sp³-hybridized carbons (Fsp3) is 0.423. The molecule has 1 N–H and O–H groups in total. The molecule has 0 bridgehead atoms. The molecule has 6 nitrogen and oxygen atoms in total. The number of benzene rings is 2. The Morgan fingerprint density at radius 3 is 2.47 bits per heavy atom. The van der Waals surface area contributed by atoms with Gasteiger partial charge in [0.15, 0.2) is 5.82 Å². The van der Waals surface area contributed by atoms with Gasteiger partial charge in [-0.1, -0.05) is 68.1 Å². The zero-order valence-electron chi connectivity index (χ0n) is 18.6. The Hall–Kier alpha value is -3.15. The van der Waals surface area contributed by atoms with E-state index in [2.05, 4.69) is 10.3 Å². The molecule has 0 saturated heterocycles. The number of carbonyl (C=O) groups excluding carboxylic acids is 2. The molecule has 5 rings (SSSR count). The molecular weight excluding hydrogens is 400 g/mol. The van der Waals surface area contributed by atoms with E-state index in [0.29, 0.717) is 18.9 Å². The van der Waals surface area contributed by atoms with Crippen molar-refractivity contribution >= 4 is 22.8 Å². The van der Waals surface area contributed by atoms with Crippen LogP contribution in [0.5, 0.6) is 0 Å². The Morgan fingerprint density at radius 2 is 1.72 bits per heavy atom. The minimum atomic E-state index is -1.00. The van der Waals surface area contributed by atoms with Crippen molar-refractivity contribution < 1.29 is 9.59 Å². The van der Waals surface area contributed by atoms with Crippen LogP contribution in [-0.2, 0) is 17.9 Å². The number of para-hydroxylation sites is 2. The second-order valence-corrected chi connectivity index (χ2v) is 9.32. The summed E-state index contributed by atoms with van der Waals surface area (Å²) in [5.41, 5.74) is 1.67. The van der Waals surface area contributed by atoms with Gasteiger partial charge in [-0.25, -0.2) is 4.98 Å². The quantitative estimate of drug-likeness (QED) is 0.628. The van der Waals surface area contributed by atoms with Crippen LogP contribution in [-0.4, -0.2) is 37.8 Å². The van der Waals surface area contributed by atoms with Crippen molar-refractivity contribution in [1.29, 1.82) is 0 Å². The Labute approximate surface area is 188 Å². The van der Waals surface area contributed by atoms with Crippen LogP contribution in [0.1, 0.15) is 61.6 Å². The van der Waals surface area contributed by atoms with Gasteiger partial charge in [0.2, 0.25) is 5.91 Å². The van der Waals surface area contributed by atoms with E-state index in [1.54, 1.807) is 4.90 Å². The van der Waals surface area contributed by atoms with Gasteiger partial charge in [-0.15, -0.1) is 0 Å². The van der Waals surface area contributed by atoms with Crippen LogP contribution in [0.15, 0.2) is 54.6 Å². The lowest BCUT2D eigenvalue weighted by molar-refractivity contribution is -0.134. The number of imidazole rings is 1. The van der Waals surface area contributed by atoms with Crippen molar-refractivity contribution in [3.05, 3.63) is 66.0 Å². The van der Waals surface area contributed by atoms with Crippen LogP contribution < -0.4 is 5.32 Å². The first kappa shape index (κ1) is 20.7. The highest BCUT2D eigenvalue weighted by Gasteiger charge is 2.48.